The van der Waals surface area contributed by atoms with Crippen LogP contribution in [0.4, 0.5) is 0 Å². The molecule has 0 aliphatic rings. The second kappa shape index (κ2) is 9.69. The summed E-state index contributed by atoms with van der Waals surface area (Å²) in [6.07, 6.45) is 7.17. The van der Waals surface area contributed by atoms with Gasteiger partial charge in [-0.2, -0.15) is 12.6 Å². The molecule has 0 aromatic rings. The van der Waals surface area contributed by atoms with E-state index in [0.29, 0.717) is 0 Å². The maximum Gasteiger partial charge on any atom is 0.0473 e. The van der Waals surface area contributed by atoms with Crippen LogP contribution in [0.25, 0.3) is 0 Å². The van der Waals surface area contributed by atoms with Crippen molar-refractivity contribution in [1.29, 1.82) is 0 Å². The highest BCUT2D eigenvalue weighted by Gasteiger charge is 1.80. The van der Waals surface area contributed by atoms with Gasteiger partial charge in [0.1, 0.15) is 0 Å². The molecule has 0 aliphatic heterocycles. The largest absolute Gasteiger partial charge is 0.301 e. The zero-order valence-corrected chi connectivity index (χ0v) is 7.93. The Morgan fingerprint density at radius 2 is 2.00 bits per heavy atom. The fourth-order valence-electron chi connectivity index (χ4n) is 0.670. The van der Waals surface area contributed by atoms with Crippen molar-refractivity contribution in [3.05, 3.63) is 0 Å². The molecular weight excluding hydrogens is 156 g/mol. The number of hydrogen-bond acceptors (Lipinski definition) is 3. The number of unbranched alkanes of at least 4 members (excludes halogenated alkanes) is 2. The fourth-order valence-corrected chi connectivity index (χ4v) is 0.785. The van der Waals surface area contributed by atoms with Gasteiger partial charge in [0.15, 0.2) is 0 Å². The topological polar surface area (TPSA) is 24.7 Å². The lowest BCUT2D eigenvalue weighted by atomic mass is 10.3. The molecule has 11 heavy (non-hydrogen) atoms. The SMILES string of the molecule is CN=CCCCC=NCCS. The third-order valence-corrected chi connectivity index (χ3v) is 1.41. The number of thiol groups is 1. The third-order valence-electron chi connectivity index (χ3n) is 1.21. The average molecular weight is 172 g/mol. The summed E-state index contributed by atoms with van der Waals surface area (Å²) < 4.78 is 0. The van der Waals surface area contributed by atoms with Crippen LogP contribution in [0.1, 0.15) is 19.3 Å². The molecule has 0 atom stereocenters. The summed E-state index contributed by atoms with van der Waals surface area (Å²) in [5, 5.41) is 0. The van der Waals surface area contributed by atoms with E-state index in [9.17, 15) is 0 Å². The molecule has 0 heterocycles. The molecule has 0 aromatic heterocycles. The molecule has 64 valence electrons. The minimum Gasteiger partial charge on any atom is -0.301 e. The van der Waals surface area contributed by atoms with Crippen molar-refractivity contribution < 1.29 is 0 Å². The summed E-state index contributed by atoms with van der Waals surface area (Å²) >= 11 is 4.04. The van der Waals surface area contributed by atoms with Gasteiger partial charge in [0.2, 0.25) is 0 Å². The number of rotatable bonds is 6. The van der Waals surface area contributed by atoms with Gasteiger partial charge in [-0.05, 0) is 31.7 Å². The summed E-state index contributed by atoms with van der Waals surface area (Å²) in [5.74, 6) is 0.840. The molecule has 0 radical (unpaired) electrons. The molecule has 0 aromatic carbocycles. The summed E-state index contributed by atoms with van der Waals surface area (Å²) in [5.41, 5.74) is 0. The van der Waals surface area contributed by atoms with Crippen molar-refractivity contribution in [3.63, 3.8) is 0 Å². The van der Waals surface area contributed by atoms with Crippen molar-refractivity contribution in [2.24, 2.45) is 9.98 Å². The van der Waals surface area contributed by atoms with Crippen molar-refractivity contribution in [1.82, 2.24) is 0 Å². The first-order chi connectivity index (χ1) is 5.41. The predicted molar refractivity (Wildman–Crippen MR) is 55.5 cm³/mol. The van der Waals surface area contributed by atoms with Gasteiger partial charge in [0.25, 0.3) is 0 Å². The molecule has 3 heteroatoms. The first kappa shape index (κ1) is 10.7. The van der Waals surface area contributed by atoms with E-state index in [4.69, 9.17) is 0 Å². The molecule has 0 rings (SSSR count). The Labute approximate surface area is 74.2 Å². The van der Waals surface area contributed by atoms with Crippen LogP contribution >= 0.6 is 12.6 Å². The lowest BCUT2D eigenvalue weighted by Crippen LogP contribution is -1.83. The molecule has 0 bridgehead atoms. The van der Waals surface area contributed by atoms with Crippen LogP contribution in [0.15, 0.2) is 9.98 Å². The van der Waals surface area contributed by atoms with Crippen LogP contribution in [-0.4, -0.2) is 31.8 Å². The quantitative estimate of drug-likeness (QED) is 0.359. The molecule has 0 amide bonds. The molecule has 0 saturated heterocycles. The monoisotopic (exact) mass is 172 g/mol. The molecular formula is C8H16N2S. The summed E-state index contributed by atoms with van der Waals surface area (Å²) in [4.78, 5) is 8.03. The Bertz CT molecular complexity index is 121. The molecule has 0 unspecified atom stereocenters. The van der Waals surface area contributed by atoms with Crippen LogP contribution < -0.4 is 0 Å². The van der Waals surface area contributed by atoms with Crippen LogP contribution in [0.5, 0.6) is 0 Å². The second-order valence-electron chi connectivity index (χ2n) is 2.18. The third kappa shape index (κ3) is 9.69. The number of nitrogens with zero attached hydrogens (tertiary/aromatic N) is 2. The average Bonchev–Trinajstić information content (AvgIpc) is 2.03. The Hall–Kier alpha value is -0.310. The molecule has 2 nitrogen and oxygen atoms in total. The van der Waals surface area contributed by atoms with E-state index < -0.39 is 0 Å². The normalized spacial score (nSPS) is 11.8. The molecule has 0 aliphatic carbocycles. The summed E-state index contributed by atoms with van der Waals surface area (Å²) in [7, 11) is 1.80. The molecule has 0 spiro atoms. The van der Waals surface area contributed by atoms with Crippen molar-refractivity contribution in [2.75, 3.05) is 19.3 Å². The Kier molecular flexibility index (Phi) is 9.42. The van der Waals surface area contributed by atoms with Gasteiger partial charge in [0.05, 0.1) is 0 Å². The molecule has 0 fully saturated rings. The van der Waals surface area contributed by atoms with E-state index in [1.54, 1.807) is 7.05 Å². The van der Waals surface area contributed by atoms with Gasteiger partial charge in [-0.1, -0.05) is 0 Å². The van der Waals surface area contributed by atoms with Crippen LogP contribution in [0, 0.1) is 0 Å². The highest BCUT2D eigenvalue weighted by molar-refractivity contribution is 7.80. The number of aliphatic imine (C=N–C) groups is 2. The Morgan fingerprint density at radius 1 is 1.27 bits per heavy atom. The van der Waals surface area contributed by atoms with Crippen LogP contribution in [-0.2, 0) is 0 Å². The van der Waals surface area contributed by atoms with E-state index in [1.165, 1.54) is 0 Å². The lowest BCUT2D eigenvalue weighted by molar-refractivity contribution is 0.936. The summed E-state index contributed by atoms with van der Waals surface area (Å²) in [6.45, 7) is 0.838. The van der Waals surface area contributed by atoms with Crippen molar-refractivity contribution in [3.8, 4) is 0 Å². The first-order valence-electron chi connectivity index (χ1n) is 3.91. The highest BCUT2D eigenvalue weighted by Crippen LogP contribution is 1.89. The lowest BCUT2D eigenvalue weighted by Gasteiger charge is -1.88. The number of hydrogen-bond donors (Lipinski definition) is 1. The van der Waals surface area contributed by atoms with Crippen molar-refractivity contribution >= 4 is 25.1 Å². The summed E-state index contributed by atoms with van der Waals surface area (Å²) in [6, 6.07) is 0. The van der Waals surface area contributed by atoms with E-state index >= 15 is 0 Å². The van der Waals surface area contributed by atoms with E-state index in [1.807, 2.05) is 12.4 Å². The van der Waals surface area contributed by atoms with Gasteiger partial charge < -0.3 is 4.99 Å². The van der Waals surface area contributed by atoms with E-state index in [0.717, 1.165) is 31.6 Å². The molecule has 0 N–H and O–H groups in total. The van der Waals surface area contributed by atoms with Gasteiger partial charge in [0, 0.05) is 19.3 Å². The zero-order chi connectivity index (χ0) is 8.36. The minimum atomic E-state index is 0.838. The first-order valence-corrected chi connectivity index (χ1v) is 4.55. The maximum absolute atomic E-state index is 4.14. The second-order valence-corrected chi connectivity index (χ2v) is 2.63. The zero-order valence-electron chi connectivity index (χ0n) is 7.03. The van der Waals surface area contributed by atoms with E-state index in [2.05, 4.69) is 22.6 Å². The van der Waals surface area contributed by atoms with E-state index in [-0.39, 0.29) is 0 Å². The maximum atomic E-state index is 4.14. The van der Waals surface area contributed by atoms with Crippen molar-refractivity contribution in [2.45, 2.75) is 19.3 Å². The van der Waals surface area contributed by atoms with Crippen LogP contribution in [0.3, 0.4) is 0 Å². The molecule has 0 saturated carbocycles. The van der Waals surface area contributed by atoms with Gasteiger partial charge in [-0.25, -0.2) is 0 Å². The predicted octanol–water partition coefficient (Wildman–Crippen LogP) is 1.86. The Morgan fingerprint density at radius 3 is 2.64 bits per heavy atom. The smallest absolute Gasteiger partial charge is 0.0473 e. The highest BCUT2D eigenvalue weighted by atomic mass is 32.1. The van der Waals surface area contributed by atoms with Gasteiger partial charge >= 0.3 is 0 Å². The van der Waals surface area contributed by atoms with Crippen LogP contribution in [0.2, 0.25) is 0 Å². The van der Waals surface area contributed by atoms with Gasteiger partial charge in [-0.3, -0.25) is 4.99 Å². The minimum absolute atomic E-state index is 0.838. The standard InChI is InChI=1S/C8H16N2S/c1-9-5-3-2-4-6-10-7-8-11/h5-6,11H,2-4,7-8H2,1H3. The van der Waals surface area contributed by atoms with Gasteiger partial charge in [-0.15, -0.1) is 0 Å². The fraction of sp³-hybridized carbons (Fsp3) is 0.750. The Balaban J connectivity index is 3.00.